The predicted octanol–water partition coefficient (Wildman–Crippen LogP) is 12.7. The van der Waals surface area contributed by atoms with E-state index < -0.39 is 0 Å². The molecule has 1 heteroatoms. The Kier molecular flexibility index (Phi) is 5.64. The molecule has 1 heterocycles. The zero-order valence-corrected chi connectivity index (χ0v) is 25.7. The Morgan fingerprint density at radius 3 is 1.30 bits per heavy atom. The van der Waals surface area contributed by atoms with Gasteiger partial charge in [-0.2, -0.15) is 0 Å². The maximum Gasteiger partial charge on any atom is 0.0626 e. The van der Waals surface area contributed by atoms with Crippen molar-refractivity contribution in [3.8, 4) is 27.9 Å². The molecule has 0 bridgehead atoms. The molecule has 0 unspecified atom stereocenters. The summed E-state index contributed by atoms with van der Waals surface area (Å²) in [6.45, 7) is 0. The van der Waals surface area contributed by atoms with Crippen LogP contribution >= 0.6 is 0 Å². The van der Waals surface area contributed by atoms with E-state index in [1.807, 2.05) is 0 Å². The van der Waals surface area contributed by atoms with E-state index in [1.165, 1.54) is 87.1 Å². The first-order valence-electron chi connectivity index (χ1n) is 16.3. The van der Waals surface area contributed by atoms with Crippen molar-refractivity contribution in [3.05, 3.63) is 176 Å². The molecule has 1 aromatic heterocycles. The van der Waals surface area contributed by atoms with E-state index in [0.717, 1.165) is 5.69 Å². The minimum absolute atomic E-state index is 1.16. The van der Waals surface area contributed by atoms with Gasteiger partial charge in [0.15, 0.2) is 0 Å². The van der Waals surface area contributed by atoms with E-state index >= 15 is 0 Å². The standard InChI is InChI=1S/C46H29N/c1-2-18-34(19-3-1)47-42-25-13-12-24-39(42)40-26-27-41(43-35-20-8-4-14-30(35)28-31-15-5-9-21-36(31)43)45(46(40)47)44-37-22-10-6-16-32(37)29-33-17-7-11-23-38(33)44/h1-29H. The van der Waals surface area contributed by atoms with Crippen molar-refractivity contribution in [2.24, 2.45) is 0 Å². The molecule has 9 aromatic carbocycles. The molecule has 0 fully saturated rings. The SMILES string of the molecule is c1ccc(-n2c3ccccc3c3ccc(-c4c5ccccc5cc5ccccc45)c(-c4c5ccccc5cc5ccccc45)c32)cc1. The van der Waals surface area contributed by atoms with Crippen LogP contribution in [0.1, 0.15) is 0 Å². The second kappa shape index (κ2) is 10.2. The molecular formula is C46H29N. The van der Waals surface area contributed by atoms with Gasteiger partial charge < -0.3 is 4.57 Å². The summed E-state index contributed by atoms with van der Waals surface area (Å²) < 4.78 is 2.49. The van der Waals surface area contributed by atoms with Gasteiger partial charge in [0, 0.05) is 27.6 Å². The van der Waals surface area contributed by atoms with Crippen LogP contribution in [0, 0.1) is 0 Å². The Balaban J connectivity index is 1.53. The van der Waals surface area contributed by atoms with Gasteiger partial charge in [-0.05, 0) is 84.5 Å². The van der Waals surface area contributed by atoms with Gasteiger partial charge in [0.25, 0.3) is 0 Å². The van der Waals surface area contributed by atoms with Crippen LogP contribution in [0.15, 0.2) is 176 Å². The summed E-state index contributed by atoms with van der Waals surface area (Å²) in [6.07, 6.45) is 0. The molecule has 10 aromatic rings. The van der Waals surface area contributed by atoms with Gasteiger partial charge in [-0.1, -0.05) is 146 Å². The molecule has 218 valence electrons. The smallest absolute Gasteiger partial charge is 0.0626 e. The quantitative estimate of drug-likeness (QED) is 0.179. The fraction of sp³-hybridized carbons (Fsp3) is 0. The number of hydrogen-bond donors (Lipinski definition) is 0. The molecule has 0 saturated carbocycles. The van der Waals surface area contributed by atoms with E-state index in [0.29, 0.717) is 0 Å². The van der Waals surface area contributed by atoms with Crippen LogP contribution in [0.2, 0.25) is 0 Å². The average molecular weight is 596 g/mol. The van der Waals surface area contributed by atoms with Crippen LogP contribution in [0.5, 0.6) is 0 Å². The zero-order valence-electron chi connectivity index (χ0n) is 25.7. The minimum Gasteiger partial charge on any atom is -0.309 e. The fourth-order valence-corrected chi connectivity index (χ4v) is 7.95. The van der Waals surface area contributed by atoms with Crippen LogP contribution in [-0.2, 0) is 0 Å². The molecule has 0 N–H and O–H groups in total. The molecule has 0 aliphatic rings. The van der Waals surface area contributed by atoms with Crippen LogP contribution in [0.4, 0.5) is 0 Å². The Morgan fingerprint density at radius 1 is 0.298 bits per heavy atom. The topological polar surface area (TPSA) is 4.93 Å². The van der Waals surface area contributed by atoms with Gasteiger partial charge in [-0.3, -0.25) is 0 Å². The number of rotatable bonds is 3. The van der Waals surface area contributed by atoms with Crippen molar-refractivity contribution in [1.82, 2.24) is 4.57 Å². The summed E-state index contributed by atoms with van der Waals surface area (Å²) in [5.74, 6) is 0. The third-order valence-electron chi connectivity index (χ3n) is 9.91. The summed E-state index contributed by atoms with van der Waals surface area (Å²) in [5, 5.41) is 12.5. The van der Waals surface area contributed by atoms with E-state index in [1.54, 1.807) is 0 Å². The lowest BCUT2D eigenvalue weighted by Crippen LogP contribution is -1.98. The van der Waals surface area contributed by atoms with Gasteiger partial charge in [0.2, 0.25) is 0 Å². The Labute approximate surface area is 272 Å². The Morgan fingerprint density at radius 2 is 0.745 bits per heavy atom. The van der Waals surface area contributed by atoms with Crippen LogP contribution in [0.3, 0.4) is 0 Å². The molecule has 0 saturated heterocycles. The summed E-state index contributed by atoms with van der Waals surface area (Å²) in [5.41, 5.74) is 8.65. The largest absolute Gasteiger partial charge is 0.309 e. The second-order valence-corrected chi connectivity index (χ2v) is 12.5. The van der Waals surface area contributed by atoms with Gasteiger partial charge in [-0.25, -0.2) is 0 Å². The fourth-order valence-electron chi connectivity index (χ4n) is 7.95. The van der Waals surface area contributed by atoms with Crippen molar-refractivity contribution in [2.75, 3.05) is 0 Å². The molecule has 0 radical (unpaired) electrons. The van der Waals surface area contributed by atoms with Gasteiger partial charge in [-0.15, -0.1) is 0 Å². The molecule has 0 aliphatic carbocycles. The maximum absolute atomic E-state index is 2.49. The van der Waals surface area contributed by atoms with Gasteiger partial charge in [0.05, 0.1) is 11.0 Å². The molecule has 0 amide bonds. The third kappa shape index (κ3) is 3.84. The molecule has 0 aliphatic heterocycles. The number of hydrogen-bond acceptors (Lipinski definition) is 0. The molecule has 10 rings (SSSR count). The zero-order chi connectivity index (χ0) is 30.9. The number of fused-ring (bicyclic) bond motifs is 7. The highest BCUT2D eigenvalue weighted by molar-refractivity contribution is 6.26. The summed E-state index contributed by atoms with van der Waals surface area (Å²) in [4.78, 5) is 0. The number of nitrogens with zero attached hydrogens (tertiary/aromatic N) is 1. The van der Waals surface area contributed by atoms with Crippen LogP contribution < -0.4 is 0 Å². The second-order valence-electron chi connectivity index (χ2n) is 12.5. The molecular weight excluding hydrogens is 567 g/mol. The van der Waals surface area contributed by atoms with Crippen molar-refractivity contribution in [3.63, 3.8) is 0 Å². The predicted molar refractivity (Wildman–Crippen MR) is 202 cm³/mol. The molecule has 47 heavy (non-hydrogen) atoms. The van der Waals surface area contributed by atoms with Crippen molar-refractivity contribution in [1.29, 1.82) is 0 Å². The summed E-state index contributed by atoms with van der Waals surface area (Å²) in [7, 11) is 0. The highest BCUT2D eigenvalue weighted by Gasteiger charge is 2.24. The summed E-state index contributed by atoms with van der Waals surface area (Å²) in [6, 6.07) is 64.7. The normalized spacial score (nSPS) is 11.8. The Hall–Kier alpha value is -6.18. The van der Waals surface area contributed by atoms with E-state index in [4.69, 9.17) is 0 Å². The molecule has 0 atom stereocenters. The van der Waals surface area contributed by atoms with E-state index in [2.05, 4.69) is 180 Å². The maximum atomic E-state index is 2.49. The molecule has 1 nitrogen and oxygen atoms in total. The number of aromatic nitrogens is 1. The van der Waals surface area contributed by atoms with E-state index in [9.17, 15) is 0 Å². The average Bonchev–Trinajstić information content (AvgIpc) is 3.47. The highest BCUT2D eigenvalue weighted by atomic mass is 15.0. The Bertz CT molecular complexity index is 2730. The third-order valence-corrected chi connectivity index (χ3v) is 9.91. The van der Waals surface area contributed by atoms with Crippen molar-refractivity contribution < 1.29 is 0 Å². The van der Waals surface area contributed by atoms with Crippen LogP contribution in [0.25, 0.3) is 92.8 Å². The lowest BCUT2D eigenvalue weighted by Gasteiger charge is -2.21. The van der Waals surface area contributed by atoms with Crippen molar-refractivity contribution in [2.45, 2.75) is 0 Å². The van der Waals surface area contributed by atoms with Crippen LogP contribution in [-0.4, -0.2) is 4.57 Å². The number of benzene rings is 9. The minimum atomic E-state index is 1.16. The first-order chi connectivity index (χ1) is 23.3. The summed E-state index contributed by atoms with van der Waals surface area (Å²) >= 11 is 0. The molecule has 0 spiro atoms. The van der Waals surface area contributed by atoms with Gasteiger partial charge >= 0.3 is 0 Å². The lowest BCUT2D eigenvalue weighted by atomic mass is 9.83. The first kappa shape index (κ1) is 26.1. The number of para-hydroxylation sites is 2. The lowest BCUT2D eigenvalue weighted by molar-refractivity contribution is 1.18. The highest BCUT2D eigenvalue weighted by Crippen LogP contribution is 2.50. The van der Waals surface area contributed by atoms with Gasteiger partial charge in [0.1, 0.15) is 0 Å². The monoisotopic (exact) mass is 595 g/mol. The van der Waals surface area contributed by atoms with Crippen molar-refractivity contribution >= 4 is 64.9 Å². The first-order valence-corrected chi connectivity index (χ1v) is 16.3. The van der Waals surface area contributed by atoms with E-state index in [-0.39, 0.29) is 0 Å².